The Labute approximate surface area is 125 Å². The lowest BCUT2D eigenvalue weighted by Crippen LogP contribution is -2.06. The molecule has 1 fully saturated rings. The second kappa shape index (κ2) is 4.62. The molecule has 3 rings (SSSR count). The highest BCUT2D eigenvalue weighted by Crippen LogP contribution is 2.52. The molecule has 0 bridgehead atoms. The maximum absolute atomic E-state index is 5.87. The molecule has 1 aromatic heterocycles. The first-order chi connectivity index (χ1) is 9.38. The van der Waals surface area contributed by atoms with E-state index in [9.17, 15) is 0 Å². The Morgan fingerprint density at radius 3 is 2.75 bits per heavy atom. The lowest BCUT2D eigenvalue weighted by molar-refractivity contribution is 0.245. The monoisotopic (exact) mass is 290 g/mol. The molecule has 2 aromatic rings. The zero-order chi connectivity index (χ0) is 14.5. The SMILES string of the molecule is CC(C)Oc1cccc2c1[nH]c(=S)n2CC1CC1(C)C. The van der Waals surface area contributed by atoms with Gasteiger partial charge in [-0.3, -0.25) is 0 Å². The quantitative estimate of drug-likeness (QED) is 0.838. The highest BCUT2D eigenvalue weighted by atomic mass is 32.1. The summed E-state index contributed by atoms with van der Waals surface area (Å²) in [6.45, 7) is 9.72. The number of hydrogen-bond donors (Lipinski definition) is 1. The van der Waals surface area contributed by atoms with Crippen LogP contribution in [-0.2, 0) is 6.54 Å². The second-order valence-electron chi connectivity index (χ2n) is 6.75. The van der Waals surface area contributed by atoms with Crippen LogP contribution >= 0.6 is 12.2 Å². The maximum atomic E-state index is 5.87. The molecule has 1 unspecified atom stereocenters. The molecule has 1 aliphatic carbocycles. The molecule has 0 amide bonds. The van der Waals surface area contributed by atoms with Crippen molar-refractivity contribution in [3.8, 4) is 5.75 Å². The Balaban J connectivity index is 2.01. The van der Waals surface area contributed by atoms with Gasteiger partial charge in [0.15, 0.2) is 4.77 Å². The topological polar surface area (TPSA) is 29.9 Å². The minimum atomic E-state index is 0.160. The summed E-state index contributed by atoms with van der Waals surface area (Å²) in [6, 6.07) is 6.15. The molecular formula is C16H22N2OS. The number of fused-ring (bicyclic) bond motifs is 1. The zero-order valence-corrected chi connectivity index (χ0v) is 13.4. The number of nitrogens with one attached hydrogen (secondary N) is 1. The third-order valence-electron chi connectivity index (χ3n) is 4.26. The number of ether oxygens (including phenoxy) is 1. The van der Waals surface area contributed by atoms with Gasteiger partial charge in [-0.25, -0.2) is 0 Å². The molecule has 1 saturated carbocycles. The second-order valence-corrected chi connectivity index (χ2v) is 7.13. The molecule has 1 heterocycles. The summed E-state index contributed by atoms with van der Waals surface area (Å²) in [5, 5.41) is 0. The fourth-order valence-corrected chi connectivity index (χ4v) is 3.07. The first-order valence-electron chi connectivity index (χ1n) is 7.26. The summed E-state index contributed by atoms with van der Waals surface area (Å²) in [7, 11) is 0. The van der Waals surface area contributed by atoms with Crippen LogP contribution in [0.25, 0.3) is 11.0 Å². The van der Waals surface area contributed by atoms with E-state index in [0.717, 1.165) is 34.0 Å². The summed E-state index contributed by atoms with van der Waals surface area (Å²) in [6.07, 6.45) is 1.44. The Morgan fingerprint density at radius 2 is 2.15 bits per heavy atom. The molecule has 0 radical (unpaired) electrons. The van der Waals surface area contributed by atoms with Crippen LogP contribution in [0.4, 0.5) is 0 Å². The predicted molar refractivity (Wildman–Crippen MR) is 84.8 cm³/mol. The number of hydrogen-bond acceptors (Lipinski definition) is 2. The third kappa shape index (κ3) is 2.37. The van der Waals surface area contributed by atoms with Crippen LogP contribution in [0.15, 0.2) is 18.2 Å². The maximum Gasteiger partial charge on any atom is 0.178 e. The molecule has 1 N–H and O–H groups in total. The first kappa shape index (κ1) is 13.7. The van der Waals surface area contributed by atoms with Crippen molar-refractivity contribution < 1.29 is 4.74 Å². The van der Waals surface area contributed by atoms with E-state index in [-0.39, 0.29) is 6.10 Å². The van der Waals surface area contributed by atoms with Gasteiger partial charge in [-0.05, 0) is 56.0 Å². The number of nitrogens with zero attached hydrogens (tertiary/aromatic N) is 1. The Bertz CT molecular complexity index is 696. The van der Waals surface area contributed by atoms with Crippen molar-refractivity contribution in [2.75, 3.05) is 0 Å². The van der Waals surface area contributed by atoms with Crippen LogP contribution < -0.4 is 4.74 Å². The molecule has 0 saturated heterocycles. The molecule has 3 nitrogen and oxygen atoms in total. The normalized spacial score (nSPS) is 20.6. The molecule has 1 aliphatic rings. The number of aromatic nitrogens is 2. The average molecular weight is 290 g/mol. The zero-order valence-electron chi connectivity index (χ0n) is 12.6. The van der Waals surface area contributed by atoms with Gasteiger partial charge in [-0.1, -0.05) is 19.9 Å². The molecule has 108 valence electrons. The largest absolute Gasteiger partial charge is 0.489 e. The van der Waals surface area contributed by atoms with Crippen LogP contribution in [0.2, 0.25) is 0 Å². The Kier molecular flexibility index (Phi) is 3.16. The van der Waals surface area contributed by atoms with Gasteiger partial charge in [-0.2, -0.15) is 0 Å². The molecule has 4 heteroatoms. The van der Waals surface area contributed by atoms with Gasteiger partial charge in [0, 0.05) is 6.54 Å². The van der Waals surface area contributed by atoms with E-state index in [1.807, 2.05) is 26.0 Å². The molecule has 0 spiro atoms. The standard InChI is InChI=1S/C16H22N2OS/c1-10(2)19-13-7-5-6-12-14(13)17-15(20)18(12)9-11-8-16(11,3)4/h5-7,10-11H,8-9H2,1-4H3,(H,17,20). The van der Waals surface area contributed by atoms with Crippen LogP contribution in [0.1, 0.15) is 34.1 Å². The van der Waals surface area contributed by atoms with Crippen LogP contribution in [0.3, 0.4) is 0 Å². The number of benzene rings is 1. The smallest absolute Gasteiger partial charge is 0.178 e. The molecule has 0 aliphatic heterocycles. The fourth-order valence-electron chi connectivity index (χ4n) is 2.80. The fraction of sp³-hybridized carbons (Fsp3) is 0.562. The lowest BCUT2D eigenvalue weighted by atomic mass is 10.1. The van der Waals surface area contributed by atoms with E-state index in [1.165, 1.54) is 6.42 Å². The van der Waals surface area contributed by atoms with Gasteiger partial charge in [0.2, 0.25) is 0 Å². The van der Waals surface area contributed by atoms with E-state index in [0.29, 0.717) is 5.41 Å². The van der Waals surface area contributed by atoms with Crippen molar-refractivity contribution >= 4 is 23.3 Å². The minimum Gasteiger partial charge on any atom is -0.489 e. The van der Waals surface area contributed by atoms with Crippen molar-refractivity contribution in [2.45, 2.75) is 46.8 Å². The van der Waals surface area contributed by atoms with E-state index in [2.05, 4.69) is 29.5 Å². The van der Waals surface area contributed by atoms with Gasteiger partial charge in [0.25, 0.3) is 0 Å². The molecule has 1 aromatic carbocycles. The van der Waals surface area contributed by atoms with E-state index < -0.39 is 0 Å². The Morgan fingerprint density at radius 1 is 1.45 bits per heavy atom. The van der Waals surface area contributed by atoms with Crippen molar-refractivity contribution in [1.82, 2.24) is 9.55 Å². The van der Waals surface area contributed by atoms with Crippen LogP contribution in [0.5, 0.6) is 5.75 Å². The molecule has 20 heavy (non-hydrogen) atoms. The van der Waals surface area contributed by atoms with Crippen molar-refractivity contribution in [2.24, 2.45) is 11.3 Å². The number of para-hydroxylation sites is 1. The van der Waals surface area contributed by atoms with E-state index in [4.69, 9.17) is 17.0 Å². The summed E-state index contributed by atoms with van der Waals surface area (Å²) in [5.74, 6) is 1.61. The van der Waals surface area contributed by atoms with Gasteiger partial charge in [-0.15, -0.1) is 0 Å². The average Bonchev–Trinajstić information content (AvgIpc) is 2.81. The van der Waals surface area contributed by atoms with E-state index >= 15 is 0 Å². The minimum absolute atomic E-state index is 0.160. The van der Waals surface area contributed by atoms with Crippen LogP contribution in [-0.4, -0.2) is 15.7 Å². The van der Waals surface area contributed by atoms with Gasteiger partial charge >= 0.3 is 0 Å². The highest BCUT2D eigenvalue weighted by molar-refractivity contribution is 7.71. The van der Waals surface area contributed by atoms with Crippen molar-refractivity contribution in [3.63, 3.8) is 0 Å². The molecular weight excluding hydrogens is 268 g/mol. The van der Waals surface area contributed by atoms with Gasteiger partial charge in [0.1, 0.15) is 11.3 Å². The van der Waals surface area contributed by atoms with Crippen molar-refractivity contribution in [1.29, 1.82) is 0 Å². The summed E-state index contributed by atoms with van der Waals surface area (Å²) in [5.41, 5.74) is 2.63. The summed E-state index contributed by atoms with van der Waals surface area (Å²) in [4.78, 5) is 3.31. The Hall–Kier alpha value is -1.29. The first-order valence-corrected chi connectivity index (χ1v) is 7.67. The number of rotatable bonds is 4. The van der Waals surface area contributed by atoms with E-state index in [1.54, 1.807) is 0 Å². The number of aromatic amines is 1. The lowest BCUT2D eigenvalue weighted by Gasteiger charge is -2.11. The predicted octanol–water partition coefficient (Wildman–Crippen LogP) is 4.53. The summed E-state index contributed by atoms with van der Waals surface area (Å²) < 4.78 is 8.88. The number of imidazole rings is 1. The third-order valence-corrected chi connectivity index (χ3v) is 4.58. The summed E-state index contributed by atoms with van der Waals surface area (Å²) >= 11 is 5.50. The molecule has 1 atom stereocenters. The number of H-pyrrole nitrogens is 1. The van der Waals surface area contributed by atoms with Crippen molar-refractivity contribution in [3.05, 3.63) is 23.0 Å². The van der Waals surface area contributed by atoms with Gasteiger partial charge < -0.3 is 14.3 Å². The van der Waals surface area contributed by atoms with Crippen LogP contribution in [0, 0.1) is 16.1 Å². The van der Waals surface area contributed by atoms with Gasteiger partial charge in [0.05, 0.1) is 11.6 Å². The highest BCUT2D eigenvalue weighted by Gasteiger charge is 2.45.